The van der Waals surface area contributed by atoms with Crippen LogP contribution in [0, 0.1) is 6.92 Å². The van der Waals surface area contributed by atoms with Crippen molar-refractivity contribution in [3.63, 3.8) is 0 Å². The summed E-state index contributed by atoms with van der Waals surface area (Å²) in [6.45, 7) is 3.07. The molecular formula is C24H27N3O3S. The Bertz CT molecular complexity index is 1040. The molecule has 0 atom stereocenters. The Labute approximate surface area is 186 Å². The molecule has 0 radical (unpaired) electrons. The number of aromatic nitrogens is 2. The Hall–Kier alpha value is -3.06. The van der Waals surface area contributed by atoms with E-state index in [2.05, 4.69) is 5.10 Å². The van der Waals surface area contributed by atoms with Crippen LogP contribution in [0.15, 0.2) is 54.9 Å². The average Bonchev–Trinajstić information content (AvgIpc) is 3.39. The number of rotatable bonds is 11. The molecule has 0 fully saturated rings. The minimum atomic E-state index is -0.0932. The van der Waals surface area contributed by atoms with Crippen LogP contribution in [0.1, 0.15) is 51.4 Å². The number of carbonyl (C=O) groups excluding carboxylic acids is 3. The van der Waals surface area contributed by atoms with Gasteiger partial charge in [-0.25, -0.2) is 0 Å². The summed E-state index contributed by atoms with van der Waals surface area (Å²) in [4.78, 5) is 40.0. The molecule has 0 aliphatic rings. The van der Waals surface area contributed by atoms with Crippen molar-refractivity contribution in [2.75, 3.05) is 7.05 Å². The van der Waals surface area contributed by atoms with Crippen LogP contribution in [-0.4, -0.2) is 39.2 Å². The monoisotopic (exact) mass is 437 g/mol. The standard InChI is InChI=1S/C24H27N3O3S/c1-18-8-12-23(31-18)22(29)11-9-21(28)10-13-24(30)26(2)15-20-14-25-27(17-20)16-19-6-4-3-5-7-19/h3-8,12,14,17H,9-11,13,15-16H2,1-2H3. The number of nitrogens with zero attached hydrogens (tertiary/aromatic N) is 3. The molecule has 0 unspecified atom stereocenters. The van der Waals surface area contributed by atoms with Gasteiger partial charge in [0.2, 0.25) is 5.91 Å². The van der Waals surface area contributed by atoms with Gasteiger partial charge >= 0.3 is 0 Å². The van der Waals surface area contributed by atoms with Gasteiger partial charge in [0.05, 0.1) is 17.6 Å². The molecule has 0 N–H and O–H groups in total. The molecule has 3 aromatic rings. The largest absolute Gasteiger partial charge is 0.341 e. The van der Waals surface area contributed by atoms with Crippen LogP contribution in [0.5, 0.6) is 0 Å². The van der Waals surface area contributed by atoms with E-state index in [0.29, 0.717) is 18.0 Å². The van der Waals surface area contributed by atoms with Gasteiger partial charge in [0.1, 0.15) is 5.78 Å². The van der Waals surface area contributed by atoms with Gasteiger partial charge in [0, 0.05) is 55.9 Å². The third-order valence-electron chi connectivity index (χ3n) is 4.98. The summed E-state index contributed by atoms with van der Waals surface area (Å²) in [5, 5.41) is 4.36. The molecule has 1 aromatic carbocycles. The van der Waals surface area contributed by atoms with E-state index < -0.39 is 0 Å². The second-order valence-electron chi connectivity index (χ2n) is 7.65. The second-order valence-corrected chi connectivity index (χ2v) is 8.94. The van der Waals surface area contributed by atoms with Gasteiger partial charge < -0.3 is 4.90 Å². The fourth-order valence-electron chi connectivity index (χ4n) is 3.23. The van der Waals surface area contributed by atoms with Crippen LogP contribution in [0.3, 0.4) is 0 Å². The molecular weight excluding hydrogens is 410 g/mol. The quantitative estimate of drug-likeness (QED) is 0.420. The molecule has 0 saturated carbocycles. The predicted molar refractivity (Wildman–Crippen MR) is 121 cm³/mol. The third-order valence-corrected chi connectivity index (χ3v) is 6.03. The smallest absolute Gasteiger partial charge is 0.223 e. The zero-order valence-corrected chi connectivity index (χ0v) is 18.7. The molecule has 3 rings (SSSR count). The van der Waals surface area contributed by atoms with E-state index in [1.807, 2.05) is 54.2 Å². The number of Topliss-reactive ketones (excluding diaryl/α,β-unsaturated/α-hetero) is 2. The Morgan fingerprint density at radius 2 is 1.71 bits per heavy atom. The minimum absolute atomic E-state index is 0.0117. The summed E-state index contributed by atoms with van der Waals surface area (Å²) < 4.78 is 1.85. The minimum Gasteiger partial charge on any atom is -0.341 e. The molecule has 0 aliphatic heterocycles. The molecule has 1 amide bonds. The molecule has 0 bridgehead atoms. The molecule has 0 saturated heterocycles. The average molecular weight is 438 g/mol. The first-order valence-electron chi connectivity index (χ1n) is 10.3. The summed E-state index contributed by atoms with van der Waals surface area (Å²) in [7, 11) is 1.73. The van der Waals surface area contributed by atoms with Crippen molar-refractivity contribution in [2.24, 2.45) is 0 Å². The van der Waals surface area contributed by atoms with E-state index in [4.69, 9.17) is 0 Å². The predicted octanol–water partition coefficient (Wildman–Crippen LogP) is 4.27. The summed E-state index contributed by atoms with van der Waals surface area (Å²) >= 11 is 1.44. The molecule has 31 heavy (non-hydrogen) atoms. The second kappa shape index (κ2) is 10.8. The van der Waals surface area contributed by atoms with Gasteiger partial charge in [0.25, 0.3) is 0 Å². The van der Waals surface area contributed by atoms with Gasteiger partial charge in [-0.1, -0.05) is 30.3 Å². The van der Waals surface area contributed by atoms with Gasteiger partial charge in [-0.3, -0.25) is 19.1 Å². The molecule has 2 heterocycles. The van der Waals surface area contributed by atoms with E-state index in [1.54, 1.807) is 24.2 Å². The summed E-state index contributed by atoms with van der Waals surface area (Å²) in [6, 6.07) is 13.8. The van der Waals surface area contributed by atoms with Crippen LogP contribution in [0.2, 0.25) is 0 Å². The summed E-state index contributed by atoms with van der Waals surface area (Å²) in [6.07, 6.45) is 4.38. The van der Waals surface area contributed by atoms with E-state index in [9.17, 15) is 14.4 Å². The lowest BCUT2D eigenvalue weighted by atomic mass is 10.1. The SMILES string of the molecule is Cc1ccc(C(=O)CCC(=O)CCC(=O)N(C)Cc2cnn(Cc3ccccc3)c2)s1. The van der Waals surface area contributed by atoms with E-state index in [0.717, 1.165) is 16.0 Å². The fourth-order valence-corrected chi connectivity index (χ4v) is 4.06. The number of benzene rings is 1. The van der Waals surface area contributed by atoms with Crippen LogP contribution in [0.25, 0.3) is 0 Å². The fraction of sp³-hybridized carbons (Fsp3) is 0.333. The van der Waals surface area contributed by atoms with E-state index in [-0.39, 0.29) is 43.2 Å². The van der Waals surface area contributed by atoms with Gasteiger partial charge in [0.15, 0.2) is 5.78 Å². The molecule has 0 spiro atoms. The molecule has 7 heteroatoms. The normalized spacial score (nSPS) is 10.8. The van der Waals surface area contributed by atoms with Crippen molar-refractivity contribution < 1.29 is 14.4 Å². The number of amides is 1. The van der Waals surface area contributed by atoms with Crippen molar-refractivity contribution in [3.05, 3.63) is 75.7 Å². The number of hydrogen-bond donors (Lipinski definition) is 0. The van der Waals surface area contributed by atoms with Crippen LogP contribution >= 0.6 is 11.3 Å². The highest BCUT2D eigenvalue weighted by Crippen LogP contribution is 2.18. The third kappa shape index (κ3) is 7.00. The van der Waals surface area contributed by atoms with Crippen molar-refractivity contribution in [3.8, 4) is 0 Å². The number of thiophene rings is 1. The number of aryl methyl sites for hydroxylation is 1. The molecule has 6 nitrogen and oxygen atoms in total. The maximum Gasteiger partial charge on any atom is 0.223 e. The Morgan fingerprint density at radius 1 is 0.968 bits per heavy atom. The van der Waals surface area contributed by atoms with Crippen LogP contribution in [0.4, 0.5) is 0 Å². The first-order chi connectivity index (χ1) is 14.9. The first-order valence-corrected chi connectivity index (χ1v) is 11.1. The van der Waals surface area contributed by atoms with Crippen molar-refractivity contribution in [1.29, 1.82) is 0 Å². The zero-order chi connectivity index (χ0) is 22.2. The number of ketones is 2. The molecule has 2 aromatic heterocycles. The Balaban J connectivity index is 1.39. The lowest BCUT2D eigenvalue weighted by Gasteiger charge is -2.15. The number of hydrogen-bond acceptors (Lipinski definition) is 5. The number of carbonyl (C=O) groups is 3. The van der Waals surface area contributed by atoms with Crippen LogP contribution < -0.4 is 0 Å². The zero-order valence-electron chi connectivity index (χ0n) is 17.9. The lowest BCUT2D eigenvalue weighted by Crippen LogP contribution is -2.26. The van der Waals surface area contributed by atoms with Crippen molar-refractivity contribution in [2.45, 2.75) is 45.7 Å². The summed E-state index contributed by atoms with van der Waals surface area (Å²) in [5.41, 5.74) is 2.10. The highest BCUT2D eigenvalue weighted by atomic mass is 32.1. The molecule has 0 aliphatic carbocycles. The lowest BCUT2D eigenvalue weighted by molar-refractivity contribution is -0.132. The van der Waals surface area contributed by atoms with Gasteiger partial charge in [-0.2, -0.15) is 5.10 Å². The van der Waals surface area contributed by atoms with Crippen molar-refractivity contribution >= 4 is 28.8 Å². The highest BCUT2D eigenvalue weighted by Gasteiger charge is 2.15. The van der Waals surface area contributed by atoms with E-state index >= 15 is 0 Å². The van der Waals surface area contributed by atoms with Crippen molar-refractivity contribution in [1.82, 2.24) is 14.7 Å². The Morgan fingerprint density at radius 3 is 2.42 bits per heavy atom. The van der Waals surface area contributed by atoms with Gasteiger partial charge in [-0.15, -0.1) is 11.3 Å². The Kier molecular flexibility index (Phi) is 7.89. The molecule has 162 valence electrons. The van der Waals surface area contributed by atoms with Gasteiger partial charge in [-0.05, 0) is 24.6 Å². The van der Waals surface area contributed by atoms with E-state index in [1.165, 1.54) is 11.3 Å². The topological polar surface area (TPSA) is 72.3 Å². The first kappa shape index (κ1) is 22.6. The summed E-state index contributed by atoms with van der Waals surface area (Å²) in [5.74, 6) is -0.161. The highest BCUT2D eigenvalue weighted by molar-refractivity contribution is 7.14. The maximum atomic E-state index is 12.4. The van der Waals surface area contributed by atoms with Crippen LogP contribution in [-0.2, 0) is 22.7 Å². The maximum absolute atomic E-state index is 12.4.